The molecule has 0 saturated carbocycles. The summed E-state index contributed by atoms with van der Waals surface area (Å²) in [6, 6.07) is 17.7. The van der Waals surface area contributed by atoms with Gasteiger partial charge in [-0.05, 0) is 110 Å². The molecule has 0 fully saturated rings. The highest BCUT2D eigenvalue weighted by atomic mass is 35.5. The quantitative estimate of drug-likeness (QED) is 0.0315. The lowest BCUT2D eigenvalue weighted by Crippen LogP contribution is -2.57. The van der Waals surface area contributed by atoms with Crippen molar-refractivity contribution in [1.82, 2.24) is 35.9 Å². The van der Waals surface area contributed by atoms with Crippen LogP contribution >= 0.6 is 11.6 Å². The Bertz CT molecular complexity index is 2840. The summed E-state index contributed by atoms with van der Waals surface area (Å²) >= 11 is 6.09. The van der Waals surface area contributed by atoms with Gasteiger partial charge in [0.15, 0.2) is 12.8 Å². The maximum absolute atomic E-state index is 14.9. The number of amides is 5. The van der Waals surface area contributed by atoms with Gasteiger partial charge in [-0.25, -0.2) is 4.84 Å². The number of nitrogens with one attached hydrogen (secondary N) is 4. The first-order valence-corrected chi connectivity index (χ1v) is 24.4. The predicted molar refractivity (Wildman–Crippen MR) is 276 cm³/mol. The molecule has 6 rings (SSSR count). The summed E-state index contributed by atoms with van der Waals surface area (Å²) in [7, 11) is 4.00. The van der Waals surface area contributed by atoms with E-state index in [1.807, 2.05) is 12.1 Å². The molecule has 0 spiro atoms. The number of unbranched alkanes of at least 4 members (excludes halogenated alkanes) is 1. The lowest BCUT2D eigenvalue weighted by atomic mass is 9.93. The number of carbonyl (C=O) groups is 6. The molecule has 5 amide bonds. The molecule has 4 bridgehead atoms. The second-order valence-electron chi connectivity index (χ2n) is 17.6. The van der Waals surface area contributed by atoms with Crippen LogP contribution in [-0.2, 0) is 37.5 Å². The lowest BCUT2D eigenvalue weighted by molar-refractivity contribution is -0.736. The van der Waals surface area contributed by atoms with Gasteiger partial charge in [-0.2, -0.15) is 5.10 Å². The number of hydrogen-bond donors (Lipinski definition) is 7. The van der Waals surface area contributed by atoms with Crippen LogP contribution in [0.1, 0.15) is 71.1 Å². The fraction of sp³-hybridized carbons (Fsp3) is 0.365. The number of aryl methyl sites for hydroxylation is 1. The number of nitrogens with two attached hydrogens (primary N) is 3. The Kier molecular flexibility index (Phi) is 19.4. The van der Waals surface area contributed by atoms with E-state index in [1.54, 1.807) is 72.8 Å². The van der Waals surface area contributed by atoms with Crippen molar-refractivity contribution in [3.05, 3.63) is 123 Å². The number of carbonyl (C=O) groups excluding carboxylic acids is 6. The van der Waals surface area contributed by atoms with Crippen molar-refractivity contribution < 1.29 is 48.0 Å². The second kappa shape index (κ2) is 25.8. The number of aromatic nitrogens is 2. The van der Waals surface area contributed by atoms with Crippen LogP contribution in [0.15, 0.2) is 91.1 Å². The van der Waals surface area contributed by atoms with Gasteiger partial charge >= 0.3 is 5.69 Å². The van der Waals surface area contributed by atoms with Gasteiger partial charge in [-0.1, -0.05) is 48.0 Å². The van der Waals surface area contributed by atoms with Crippen LogP contribution in [0.5, 0.6) is 11.5 Å². The van der Waals surface area contributed by atoms with E-state index >= 15 is 0 Å². The molecule has 4 aromatic carbocycles. The van der Waals surface area contributed by atoms with Gasteiger partial charge in [0.2, 0.25) is 29.4 Å². The highest BCUT2D eigenvalue weighted by molar-refractivity contribution is 6.30. The summed E-state index contributed by atoms with van der Waals surface area (Å²) in [5.74, 6) is -3.47. The standard InChI is InChI=1S/C52H62ClN11O10/c1-30(47(65)46-42(64(71)72-5)29-57-63(46)4)58-50(68)41-27-32-9-19-43(73-24-22-55)38(26-32)39-28-36(16-20-44(39)74-25-23-56)45(51(69)59-31(2)48(66)61-41)62(3)52(70)40(8-6-7-21-54)60-49(67)35-12-10-33(11-13-35)34-14-17-37(53)18-15-34/h9-20,26,28-31,40-41,45H,6-8,21-25,27,54-56H2,1-5H3,(H3-,58,59,60,61,66,67,68,69)/p+1. The summed E-state index contributed by atoms with van der Waals surface area (Å²) < 4.78 is 13.5. The fourth-order valence-corrected chi connectivity index (χ4v) is 8.56. The summed E-state index contributed by atoms with van der Waals surface area (Å²) in [4.78, 5) is 104. The minimum Gasteiger partial charge on any atom is -0.492 e. The second-order valence-corrected chi connectivity index (χ2v) is 18.1. The van der Waals surface area contributed by atoms with Gasteiger partial charge in [0.05, 0.1) is 10.9 Å². The van der Waals surface area contributed by atoms with E-state index in [4.69, 9.17) is 43.1 Å². The number of nitrogens with zero attached hydrogens (tertiary/aromatic N) is 4. The van der Waals surface area contributed by atoms with Crippen molar-refractivity contribution >= 4 is 52.6 Å². The zero-order chi connectivity index (χ0) is 53.6. The molecule has 22 heteroatoms. The molecule has 0 radical (unpaired) electrons. The number of likely N-dealkylation sites (N-methyl/N-ethyl adjacent to an activating group) is 1. The predicted octanol–water partition coefficient (Wildman–Crippen LogP) is 3.41. The van der Waals surface area contributed by atoms with E-state index in [1.165, 1.54) is 37.5 Å². The highest BCUT2D eigenvalue weighted by Gasteiger charge is 2.38. The number of ketones is 1. The maximum atomic E-state index is 14.9. The average molecular weight is 1040 g/mol. The van der Waals surface area contributed by atoms with Gasteiger partial charge < -0.3 is 52.8 Å². The Morgan fingerprint density at radius 2 is 1.47 bits per heavy atom. The largest absolute Gasteiger partial charge is 0.492 e. The van der Waals surface area contributed by atoms with Gasteiger partial charge in [-0.3, -0.25) is 33.4 Å². The van der Waals surface area contributed by atoms with Crippen LogP contribution in [0.2, 0.25) is 5.02 Å². The maximum Gasteiger partial charge on any atom is 0.365 e. The first-order valence-electron chi connectivity index (χ1n) is 24.0. The Hall–Kier alpha value is -7.72. The van der Waals surface area contributed by atoms with Crippen LogP contribution in [0.4, 0.5) is 5.69 Å². The molecule has 5 unspecified atom stereocenters. The number of Topliss-reactive ketones (excluding diaryl/α,β-unsaturated/α-hetero) is 1. The summed E-state index contributed by atoms with van der Waals surface area (Å²) in [6.45, 7) is 3.69. The van der Waals surface area contributed by atoms with E-state index in [9.17, 15) is 33.7 Å². The molecule has 1 aliphatic heterocycles. The van der Waals surface area contributed by atoms with E-state index in [0.717, 1.165) is 24.4 Å². The topological polar surface area (TPSA) is 297 Å². The lowest BCUT2D eigenvalue weighted by Gasteiger charge is -2.33. The van der Waals surface area contributed by atoms with Crippen LogP contribution < -0.4 is 47.9 Å². The van der Waals surface area contributed by atoms with E-state index in [0.29, 0.717) is 63.7 Å². The van der Waals surface area contributed by atoms with Gasteiger partial charge in [0.25, 0.3) is 10.8 Å². The Balaban J connectivity index is 1.39. The third kappa shape index (κ3) is 13.5. The highest BCUT2D eigenvalue weighted by Crippen LogP contribution is 2.40. The molecule has 1 aliphatic rings. The summed E-state index contributed by atoms with van der Waals surface area (Å²) in [5, 5.41) is 15.6. The molecule has 21 nitrogen and oxygen atoms in total. The van der Waals surface area contributed by atoms with Crippen LogP contribution in [0, 0.1) is 4.91 Å². The minimum atomic E-state index is -1.43. The fourth-order valence-electron chi connectivity index (χ4n) is 8.43. The van der Waals surface area contributed by atoms with Crippen molar-refractivity contribution in [3.8, 4) is 33.8 Å². The molecule has 0 aliphatic carbocycles. The van der Waals surface area contributed by atoms with Gasteiger partial charge in [0.1, 0.15) is 55.1 Å². The summed E-state index contributed by atoms with van der Waals surface area (Å²) in [5.41, 5.74) is 21.0. The van der Waals surface area contributed by atoms with Crippen LogP contribution in [0.3, 0.4) is 0 Å². The third-order valence-corrected chi connectivity index (χ3v) is 12.6. The monoisotopic (exact) mass is 1040 g/mol. The van der Waals surface area contributed by atoms with Crippen molar-refractivity contribution in [3.63, 3.8) is 0 Å². The van der Waals surface area contributed by atoms with Crippen LogP contribution in [-0.4, -0.2) is 126 Å². The normalized spacial score (nSPS) is 16.3. The van der Waals surface area contributed by atoms with E-state index in [-0.39, 0.29) is 55.4 Å². The first kappa shape index (κ1) is 55.6. The first-order chi connectivity index (χ1) is 35.5. The number of hydrogen-bond acceptors (Lipinski definition) is 14. The number of benzene rings is 4. The molecule has 392 valence electrons. The molecule has 0 saturated heterocycles. The van der Waals surface area contributed by atoms with Gasteiger partial charge in [0, 0.05) is 55.3 Å². The zero-order valence-electron chi connectivity index (χ0n) is 41.9. The van der Waals surface area contributed by atoms with E-state index in [2.05, 4.69) is 26.4 Å². The number of fused-ring (bicyclic) bond motifs is 5. The molecule has 1 aromatic heterocycles. The van der Waals surface area contributed by atoms with Crippen molar-refractivity contribution in [2.24, 2.45) is 24.2 Å². The van der Waals surface area contributed by atoms with Crippen LogP contribution in [0.25, 0.3) is 22.3 Å². The average Bonchev–Trinajstić information content (AvgIpc) is 3.79. The third-order valence-electron chi connectivity index (χ3n) is 12.4. The Morgan fingerprint density at radius 3 is 2.09 bits per heavy atom. The number of rotatable bonds is 21. The molecular formula is C52H63ClN11O10+. The molecule has 10 N–H and O–H groups in total. The SMILES string of the molecule is CO[N+](=O)c1cnn(C)c1C(=O)C(C)NC(=O)C1Cc2ccc(OCCN)c(c2)-c2cc(ccc2OCCN)C(N(C)C(=O)C(CCCCN)NC(=O)c2ccc(-c3ccc(Cl)cc3)cc2)C(=O)NC(C)C(=O)N1. The number of ether oxygens (including phenoxy) is 2. The van der Waals surface area contributed by atoms with Crippen molar-refractivity contribution in [2.75, 3.05) is 47.0 Å². The van der Waals surface area contributed by atoms with Crippen molar-refractivity contribution in [1.29, 1.82) is 0 Å². The molecule has 2 heterocycles. The molecule has 5 atom stereocenters. The smallest absolute Gasteiger partial charge is 0.365 e. The Labute approximate surface area is 433 Å². The molecule has 74 heavy (non-hydrogen) atoms. The number of halogens is 1. The minimum absolute atomic E-state index is 0.0999. The molecule has 5 aromatic rings. The van der Waals surface area contributed by atoms with Gasteiger partial charge in [-0.15, -0.1) is 0 Å². The molecular weight excluding hydrogens is 974 g/mol. The Morgan fingerprint density at radius 1 is 0.851 bits per heavy atom. The van der Waals surface area contributed by atoms with Crippen molar-refractivity contribution in [2.45, 2.75) is 69.7 Å². The van der Waals surface area contributed by atoms with E-state index < -0.39 is 65.5 Å². The summed E-state index contributed by atoms with van der Waals surface area (Å²) in [6.07, 6.45) is 2.21. The zero-order valence-corrected chi connectivity index (χ0v) is 42.6.